The molecule has 78 valence electrons. The summed E-state index contributed by atoms with van der Waals surface area (Å²) in [5.41, 5.74) is 4.57. The number of guanidine groups is 1. The minimum atomic E-state index is -0.899. The number of nitrogens with one attached hydrogen (secondary N) is 1. The average Bonchev–Trinajstić information content (AvgIpc) is 2.67. The molecule has 14 heavy (non-hydrogen) atoms. The second-order valence-corrected chi connectivity index (χ2v) is 4.16. The largest absolute Gasteiger partial charge is 0.383 e. The van der Waals surface area contributed by atoms with Crippen LogP contribution in [-0.2, 0) is 5.60 Å². The van der Waals surface area contributed by atoms with Gasteiger partial charge in [-0.25, -0.2) is 0 Å². The van der Waals surface area contributed by atoms with Crippen molar-refractivity contribution in [3.63, 3.8) is 0 Å². The first kappa shape index (κ1) is 11.0. The molecule has 0 aromatic carbocycles. The van der Waals surface area contributed by atoms with Gasteiger partial charge in [0.05, 0.1) is 6.54 Å². The lowest BCUT2D eigenvalue weighted by Gasteiger charge is -2.22. The SMILES string of the molecule is CN=C(N)NCC(C)(O)c1cccs1. The van der Waals surface area contributed by atoms with Crippen LogP contribution in [0.2, 0.25) is 0 Å². The van der Waals surface area contributed by atoms with Crippen molar-refractivity contribution < 1.29 is 5.11 Å². The van der Waals surface area contributed by atoms with E-state index in [2.05, 4.69) is 10.3 Å². The van der Waals surface area contributed by atoms with Gasteiger partial charge in [-0.3, -0.25) is 4.99 Å². The van der Waals surface area contributed by atoms with Gasteiger partial charge in [-0.2, -0.15) is 0 Å². The van der Waals surface area contributed by atoms with E-state index in [1.54, 1.807) is 14.0 Å². The Morgan fingerprint density at radius 3 is 3.00 bits per heavy atom. The summed E-state index contributed by atoms with van der Waals surface area (Å²) in [6, 6.07) is 3.80. The predicted octanol–water partition coefficient (Wildman–Crippen LogP) is 0.490. The van der Waals surface area contributed by atoms with Gasteiger partial charge in [-0.1, -0.05) is 6.07 Å². The highest BCUT2D eigenvalue weighted by atomic mass is 32.1. The van der Waals surface area contributed by atoms with Crippen molar-refractivity contribution in [2.45, 2.75) is 12.5 Å². The maximum atomic E-state index is 10.1. The number of rotatable bonds is 3. The van der Waals surface area contributed by atoms with E-state index in [4.69, 9.17) is 5.73 Å². The molecule has 1 rings (SSSR count). The topological polar surface area (TPSA) is 70.6 Å². The van der Waals surface area contributed by atoms with Crippen LogP contribution in [0, 0.1) is 0 Å². The number of hydrogen-bond donors (Lipinski definition) is 3. The molecule has 0 saturated carbocycles. The van der Waals surface area contributed by atoms with Gasteiger partial charge in [-0.05, 0) is 18.4 Å². The van der Waals surface area contributed by atoms with E-state index >= 15 is 0 Å². The first-order valence-corrected chi connectivity index (χ1v) is 5.17. The van der Waals surface area contributed by atoms with E-state index in [1.807, 2.05) is 17.5 Å². The van der Waals surface area contributed by atoms with E-state index in [-0.39, 0.29) is 0 Å². The van der Waals surface area contributed by atoms with Crippen LogP contribution in [0.15, 0.2) is 22.5 Å². The van der Waals surface area contributed by atoms with Crippen LogP contribution in [0.1, 0.15) is 11.8 Å². The van der Waals surface area contributed by atoms with Gasteiger partial charge < -0.3 is 16.2 Å². The van der Waals surface area contributed by atoms with Crippen LogP contribution in [0.3, 0.4) is 0 Å². The summed E-state index contributed by atoms with van der Waals surface area (Å²) < 4.78 is 0. The lowest BCUT2D eigenvalue weighted by molar-refractivity contribution is 0.0657. The Bertz CT molecular complexity index is 306. The number of aliphatic imine (C=N–C) groups is 1. The summed E-state index contributed by atoms with van der Waals surface area (Å²) in [5.74, 6) is 0.335. The maximum Gasteiger partial charge on any atom is 0.188 e. The standard InChI is InChI=1S/C9H15N3OS/c1-9(13,6-12-8(10)11-2)7-4-3-5-14-7/h3-5,13H,6H2,1-2H3,(H3,10,11,12). The highest BCUT2D eigenvalue weighted by Crippen LogP contribution is 2.24. The normalized spacial score (nSPS) is 16.4. The fourth-order valence-electron chi connectivity index (χ4n) is 1.01. The van der Waals surface area contributed by atoms with Crippen molar-refractivity contribution in [2.75, 3.05) is 13.6 Å². The molecule has 1 aromatic rings. The molecule has 0 amide bonds. The summed E-state index contributed by atoms with van der Waals surface area (Å²) in [6.45, 7) is 2.10. The number of thiophene rings is 1. The predicted molar refractivity (Wildman–Crippen MR) is 59.4 cm³/mol. The fraction of sp³-hybridized carbons (Fsp3) is 0.444. The molecule has 1 unspecified atom stereocenters. The molecule has 0 spiro atoms. The van der Waals surface area contributed by atoms with E-state index in [9.17, 15) is 5.11 Å². The monoisotopic (exact) mass is 213 g/mol. The lowest BCUT2D eigenvalue weighted by atomic mass is 10.1. The number of nitrogens with zero attached hydrogens (tertiary/aromatic N) is 1. The Morgan fingerprint density at radius 1 is 1.79 bits per heavy atom. The van der Waals surface area contributed by atoms with Crippen LogP contribution in [0.4, 0.5) is 0 Å². The van der Waals surface area contributed by atoms with Crippen molar-refractivity contribution in [1.82, 2.24) is 5.32 Å². The maximum absolute atomic E-state index is 10.1. The molecule has 0 aliphatic rings. The van der Waals surface area contributed by atoms with Crippen LogP contribution in [0.5, 0.6) is 0 Å². The van der Waals surface area contributed by atoms with Crippen LogP contribution < -0.4 is 11.1 Å². The first-order valence-electron chi connectivity index (χ1n) is 4.29. The zero-order chi connectivity index (χ0) is 10.6. The number of nitrogens with two attached hydrogens (primary N) is 1. The molecule has 1 atom stereocenters. The van der Waals surface area contributed by atoms with Crippen LogP contribution in [0.25, 0.3) is 0 Å². The Morgan fingerprint density at radius 2 is 2.50 bits per heavy atom. The molecule has 0 saturated heterocycles. The molecule has 4 N–H and O–H groups in total. The van der Waals surface area contributed by atoms with Crippen molar-refractivity contribution in [3.8, 4) is 0 Å². The molecular formula is C9H15N3OS. The van der Waals surface area contributed by atoms with Crippen molar-refractivity contribution >= 4 is 17.3 Å². The molecule has 4 nitrogen and oxygen atoms in total. The molecule has 0 aliphatic heterocycles. The minimum Gasteiger partial charge on any atom is -0.383 e. The van der Waals surface area contributed by atoms with Gasteiger partial charge in [0.1, 0.15) is 5.60 Å². The zero-order valence-corrected chi connectivity index (χ0v) is 9.14. The summed E-state index contributed by atoms with van der Waals surface area (Å²) in [5, 5.41) is 14.8. The summed E-state index contributed by atoms with van der Waals surface area (Å²) >= 11 is 1.52. The first-order chi connectivity index (χ1) is 6.56. The second kappa shape index (κ2) is 4.43. The third kappa shape index (κ3) is 2.71. The molecule has 5 heteroatoms. The van der Waals surface area contributed by atoms with Gasteiger partial charge in [0.2, 0.25) is 0 Å². The van der Waals surface area contributed by atoms with Gasteiger partial charge in [0, 0.05) is 11.9 Å². The number of hydrogen-bond acceptors (Lipinski definition) is 3. The van der Waals surface area contributed by atoms with Crippen molar-refractivity contribution in [1.29, 1.82) is 0 Å². The van der Waals surface area contributed by atoms with E-state index in [1.165, 1.54) is 11.3 Å². The Kier molecular flexibility index (Phi) is 3.49. The Hall–Kier alpha value is -1.07. The number of aliphatic hydroxyl groups is 1. The van der Waals surface area contributed by atoms with Gasteiger partial charge in [0.15, 0.2) is 5.96 Å². The van der Waals surface area contributed by atoms with Gasteiger partial charge in [-0.15, -0.1) is 11.3 Å². The van der Waals surface area contributed by atoms with Crippen molar-refractivity contribution in [2.24, 2.45) is 10.7 Å². The van der Waals surface area contributed by atoms with Crippen LogP contribution >= 0.6 is 11.3 Å². The molecular weight excluding hydrogens is 198 g/mol. The summed E-state index contributed by atoms with van der Waals surface area (Å²) in [6.07, 6.45) is 0. The van der Waals surface area contributed by atoms with Gasteiger partial charge in [0.25, 0.3) is 0 Å². The molecule has 0 radical (unpaired) electrons. The van der Waals surface area contributed by atoms with Crippen LogP contribution in [-0.4, -0.2) is 24.7 Å². The molecule has 0 fully saturated rings. The molecule has 1 aromatic heterocycles. The average molecular weight is 213 g/mol. The Labute approximate surface area is 87.5 Å². The molecule has 0 bridgehead atoms. The summed E-state index contributed by atoms with van der Waals surface area (Å²) in [7, 11) is 1.60. The lowest BCUT2D eigenvalue weighted by Crippen LogP contribution is -2.41. The van der Waals surface area contributed by atoms with Gasteiger partial charge >= 0.3 is 0 Å². The van der Waals surface area contributed by atoms with E-state index in [0.29, 0.717) is 12.5 Å². The fourth-order valence-corrected chi connectivity index (χ4v) is 1.80. The minimum absolute atomic E-state index is 0.335. The molecule has 0 aliphatic carbocycles. The highest BCUT2D eigenvalue weighted by Gasteiger charge is 2.23. The van der Waals surface area contributed by atoms with Crippen molar-refractivity contribution in [3.05, 3.63) is 22.4 Å². The third-order valence-electron chi connectivity index (χ3n) is 1.91. The second-order valence-electron chi connectivity index (χ2n) is 3.21. The van der Waals surface area contributed by atoms with E-state index < -0.39 is 5.60 Å². The third-order valence-corrected chi connectivity index (χ3v) is 3.03. The smallest absolute Gasteiger partial charge is 0.188 e. The zero-order valence-electron chi connectivity index (χ0n) is 8.32. The Balaban J connectivity index is 2.59. The molecule has 1 heterocycles. The van der Waals surface area contributed by atoms with E-state index in [0.717, 1.165) is 4.88 Å². The quantitative estimate of drug-likeness (QED) is 0.505. The highest BCUT2D eigenvalue weighted by molar-refractivity contribution is 7.10. The summed E-state index contributed by atoms with van der Waals surface area (Å²) in [4.78, 5) is 4.66.